The van der Waals surface area contributed by atoms with Crippen molar-refractivity contribution in [1.29, 1.82) is 0 Å². The van der Waals surface area contributed by atoms with Crippen LogP contribution in [-0.2, 0) is 4.74 Å². The average molecular weight is 485 g/mol. The Bertz CT molecular complexity index is 398. The molecule has 0 amide bonds. The molecule has 2 rings (SSSR count). The average Bonchev–Trinajstić information content (AvgIpc) is 3.21. The highest BCUT2D eigenvalue weighted by atomic mass is 127. The predicted octanol–water partition coefficient (Wildman–Crippen LogP) is 3.01. The molecule has 0 aromatic heterocycles. The second-order valence-corrected chi connectivity index (χ2v) is 8.33. The third kappa shape index (κ3) is 7.81. The molecule has 1 heterocycles. The minimum atomic E-state index is -0.582. The molecule has 0 spiro atoms. The number of thioether (sulfide) groups is 1. The zero-order chi connectivity index (χ0) is 17.3. The SMILES string of the molecule is CCNC(=NCC1(CCOCC)CCCC1)NCC1(O)CCSC1.I. The lowest BCUT2D eigenvalue weighted by atomic mass is 9.83. The van der Waals surface area contributed by atoms with Gasteiger partial charge in [0.2, 0.25) is 0 Å². The third-order valence-corrected chi connectivity index (χ3v) is 6.46. The lowest BCUT2D eigenvalue weighted by Gasteiger charge is -2.28. The Morgan fingerprint density at radius 3 is 2.56 bits per heavy atom. The lowest BCUT2D eigenvalue weighted by Crippen LogP contribution is -2.47. The first kappa shape index (κ1) is 23.3. The molecule has 3 N–H and O–H groups in total. The number of nitrogens with one attached hydrogen (secondary N) is 2. The molecule has 0 bridgehead atoms. The van der Waals surface area contributed by atoms with Gasteiger partial charge in [-0.25, -0.2) is 0 Å². The number of aliphatic imine (C=N–C) groups is 1. The quantitative estimate of drug-likeness (QED) is 0.203. The van der Waals surface area contributed by atoms with Gasteiger partial charge < -0.3 is 20.5 Å². The second kappa shape index (κ2) is 11.9. The molecule has 1 saturated carbocycles. The van der Waals surface area contributed by atoms with Gasteiger partial charge in [0.25, 0.3) is 0 Å². The van der Waals surface area contributed by atoms with Crippen LogP contribution < -0.4 is 10.6 Å². The Hall–Kier alpha value is 0.270. The van der Waals surface area contributed by atoms with Crippen LogP contribution in [0.15, 0.2) is 4.99 Å². The maximum Gasteiger partial charge on any atom is 0.191 e. The Morgan fingerprint density at radius 1 is 1.20 bits per heavy atom. The summed E-state index contributed by atoms with van der Waals surface area (Å²) in [6.45, 7) is 8.04. The molecule has 25 heavy (non-hydrogen) atoms. The van der Waals surface area contributed by atoms with E-state index in [-0.39, 0.29) is 24.0 Å². The van der Waals surface area contributed by atoms with Crippen molar-refractivity contribution in [1.82, 2.24) is 10.6 Å². The molecule has 148 valence electrons. The molecule has 0 aromatic rings. The van der Waals surface area contributed by atoms with Gasteiger partial charge in [0.15, 0.2) is 5.96 Å². The van der Waals surface area contributed by atoms with Gasteiger partial charge in [-0.05, 0) is 50.7 Å². The number of nitrogens with zero attached hydrogens (tertiary/aromatic N) is 1. The van der Waals surface area contributed by atoms with Crippen molar-refractivity contribution in [3.63, 3.8) is 0 Å². The summed E-state index contributed by atoms with van der Waals surface area (Å²) >= 11 is 1.83. The molecule has 1 atom stereocenters. The van der Waals surface area contributed by atoms with Crippen molar-refractivity contribution in [2.75, 3.05) is 44.4 Å². The van der Waals surface area contributed by atoms with Gasteiger partial charge in [0.05, 0.1) is 5.60 Å². The third-order valence-electron chi connectivity index (χ3n) is 5.23. The largest absolute Gasteiger partial charge is 0.387 e. The van der Waals surface area contributed by atoms with Gasteiger partial charge in [0.1, 0.15) is 0 Å². The summed E-state index contributed by atoms with van der Waals surface area (Å²) in [4.78, 5) is 4.86. The van der Waals surface area contributed by atoms with E-state index in [2.05, 4.69) is 24.5 Å². The molecule has 1 unspecified atom stereocenters. The molecular formula is C18H36IN3O2S. The van der Waals surface area contributed by atoms with Crippen LogP contribution in [0, 0.1) is 5.41 Å². The maximum absolute atomic E-state index is 10.5. The van der Waals surface area contributed by atoms with Crippen LogP contribution >= 0.6 is 35.7 Å². The topological polar surface area (TPSA) is 65.9 Å². The summed E-state index contributed by atoms with van der Waals surface area (Å²) in [6, 6.07) is 0. The highest BCUT2D eigenvalue weighted by Crippen LogP contribution is 2.41. The first-order valence-corrected chi connectivity index (χ1v) is 10.7. The fourth-order valence-corrected chi connectivity index (χ4v) is 4.91. The first-order valence-electron chi connectivity index (χ1n) is 9.51. The Balaban J connectivity index is 0.00000312. The van der Waals surface area contributed by atoms with E-state index in [1.807, 2.05) is 11.8 Å². The van der Waals surface area contributed by atoms with E-state index in [4.69, 9.17) is 9.73 Å². The number of aliphatic hydroxyl groups is 1. The van der Waals surface area contributed by atoms with Crippen LogP contribution in [0.3, 0.4) is 0 Å². The van der Waals surface area contributed by atoms with Crippen molar-refractivity contribution >= 4 is 41.7 Å². The Morgan fingerprint density at radius 2 is 1.96 bits per heavy atom. The predicted molar refractivity (Wildman–Crippen MR) is 118 cm³/mol. The summed E-state index contributed by atoms with van der Waals surface area (Å²) < 4.78 is 5.59. The molecule has 1 aliphatic carbocycles. The summed E-state index contributed by atoms with van der Waals surface area (Å²) in [6.07, 6.45) is 7.09. The van der Waals surface area contributed by atoms with Gasteiger partial charge in [0, 0.05) is 38.6 Å². The molecule has 7 heteroatoms. The number of hydrogen-bond acceptors (Lipinski definition) is 4. The lowest BCUT2D eigenvalue weighted by molar-refractivity contribution is 0.0724. The monoisotopic (exact) mass is 485 g/mol. The van der Waals surface area contributed by atoms with Crippen molar-refractivity contribution < 1.29 is 9.84 Å². The molecule has 0 radical (unpaired) electrons. The normalized spacial score (nSPS) is 25.6. The Kier molecular flexibility index (Phi) is 11.1. The van der Waals surface area contributed by atoms with E-state index >= 15 is 0 Å². The summed E-state index contributed by atoms with van der Waals surface area (Å²) in [5.74, 6) is 2.70. The van der Waals surface area contributed by atoms with E-state index in [9.17, 15) is 5.11 Å². The van der Waals surface area contributed by atoms with Crippen LogP contribution in [0.2, 0.25) is 0 Å². The molecule has 2 aliphatic rings. The first-order chi connectivity index (χ1) is 11.6. The number of hydrogen-bond donors (Lipinski definition) is 3. The van der Waals surface area contributed by atoms with Crippen molar-refractivity contribution in [2.45, 2.75) is 58.0 Å². The van der Waals surface area contributed by atoms with E-state index in [0.29, 0.717) is 12.0 Å². The van der Waals surface area contributed by atoms with Gasteiger partial charge in [-0.2, -0.15) is 11.8 Å². The zero-order valence-electron chi connectivity index (χ0n) is 15.8. The van der Waals surface area contributed by atoms with Crippen molar-refractivity contribution in [3.05, 3.63) is 0 Å². The number of guanidine groups is 1. The van der Waals surface area contributed by atoms with Crippen LogP contribution in [0.25, 0.3) is 0 Å². The molecule has 5 nitrogen and oxygen atoms in total. The van der Waals surface area contributed by atoms with Crippen molar-refractivity contribution in [2.24, 2.45) is 10.4 Å². The molecule has 1 saturated heterocycles. The van der Waals surface area contributed by atoms with Crippen molar-refractivity contribution in [3.8, 4) is 0 Å². The van der Waals surface area contributed by atoms with Crippen LogP contribution in [0.5, 0.6) is 0 Å². The summed E-state index contributed by atoms with van der Waals surface area (Å²) in [7, 11) is 0. The molecule has 0 aromatic carbocycles. The highest BCUT2D eigenvalue weighted by molar-refractivity contribution is 14.0. The number of ether oxygens (including phenoxy) is 1. The van der Waals surface area contributed by atoms with Gasteiger partial charge >= 0.3 is 0 Å². The van der Waals surface area contributed by atoms with E-state index in [1.165, 1.54) is 25.7 Å². The fourth-order valence-electron chi connectivity index (χ4n) is 3.62. The Labute approximate surface area is 174 Å². The van der Waals surface area contributed by atoms with E-state index in [1.54, 1.807) is 0 Å². The minimum Gasteiger partial charge on any atom is -0.387 e. The van der Waals surface area contributed by atoms with Gasteiger partial charge in [-0.1, -0.05) is 12.8 Å². The summed E-state index contributed by atoms with van der Waals surface area (Å²) in [5, 5.41) is 17.2. The van der Waals surface area contributed by atoms with Crippen LogP contribution in [0.1, 0.15) is 52.4 Å². The molecular weight excluding hydrogens is 449 g/mol. The number of halogens is 1. The minimum absolute atomic E-state index is 0. The van der Waals surface area contributed by atoms with Crippen LogP contribution in [-0.4, -0.2) is 61.0 Å². The fraction of sp³-hybridized carbons (Fsp3) is 0.944. The van der Waals surface area contributed by atoms with E-state index in [0.717, 1.165) is 56.6 Å². The number of rotatable bonds is 9. The summed E-state index contributed by atoms with van der Waals surface area (Å²) in [5.41, 5.74) is -0.279. The smallest absolute Gasteiger partial charge is 0.191 e. The zero-order valence-corrected chi connectivity index (χ0v) is 19.0. The van der Waals surface area contributed by atoms with Crippen LogP contribution in [0.4, 0.5) is 0 Å². The second-order valence-electron chi connectivity index (χ2n) is 7.23. The van der Waals surface area contributed by atoms with Gasteiger partial charge in [-0.3, -0.25) is 4.99 Å². The van der Waals surface area contributed by atoms with E-state index < -0.39 is 5.60 Å². The molecule has 2 fully saturated rings. The standard InChI is InChI=1S/C18H35N3O2S.HI/c1-3-19-16(21-14-18(22)10-12-24-15-18)20-13-17(7-5-6-8-17)9-11-23-4-2;/h22H,3-15H2,1-2H3,(H2,19,20,21);1H. The highest BCUT2D eigenvalue weighted by Gasteiger charge is 2.34. The molecule has 1 aliphatic heterocycles. The maximum atomic E-state index is 10.5. The van der Waals surface area contributed by atoms with Gasteiger partial charge in [-0.15, -0.1) is 24.0 Å².